The van der Waals surface area contributed by atoms with Crippen molar-refractivity contribution in [3.05, 3.63) is 66.2 Å². The number of para-hydroxylation sites is 1. The lowest BCUT2D eigenvalue weighted by molar-refractivity contribution is -0.140. The van der Waals surface area contributed by atoms with Crippen LogP contribution in [-0.4, -0.2) is 19.1 Å². The number of hydrogen-bond acceptors (Lipinski definition) is 2. The van der Waals surface area contributed by atoms with E-state index < -0.39 is 0 Å². The van der Waals surface area contributed by atoms with Gasteiger partial charge in [-0.2, -0.15) is 0 Å². The molecule has 2 fully saturated rings. The van der Waals surface area contributed by atoms with Gasteiger partial charge in [0.1, 0.15) is 5.41 Å². The summed E-state index contributed by atoms with van der Waals surface area (Å²) in [6.07, 6.45) is 0.814. The van der Waals surface area contributed by atoms with Gasteiger partial charge in [-0.05, 0) is 24.1 Å². The SMILES string of the molecule is O=C1N(c2ccccc2)[C@H](c2ccccc2)[C@]12CCOC2. The second-order valence-electron chi connectivity index (χ2n) is 5.78. The summed E-state index contributed by atoms with van der Waals surface area (Å²) in [5.41, 5.74) is 1.79. The van der Waals surface area contributed by atoms with Gasteiger partial charge in [0.25, 0.3) is 0 Å². The van der Waals surface area contributed by atoms with E-state index in [4.69, 9.17) is 4.74 Å². The van der Waals surface area contributed by atoms with Gasteiger partial charge < -0.3 is 9.64 Å². The fourth-order valence-corrected chi connectivity index (χ4v) is 3.58. The highest BCUT2D eigenvalue weighted by Crippen LogP contribution is 2.56. The van der Waals surface area contributed by atoms with Gasteiger partial charge in [-0.25, -0.2) is 0 Å². The molecule has 2 aliphatic rings. The van der Waals surface area contributed by atoms with Gasteiger partial charge in [0.2, 0.25) is 5.91 Å². The van der Waals surface area contributed by atoms with E-state index in [1.54, 1.807) is 0 Å². The lowest BCUT2D eigenvalue weighted by Gasteiger charge is -2.54. The molecule has 1 amide bonds. The Kier molecular flexibility index (Phi) is 2.82. The van der Waals surface area contributed by atoms with Gasteiger partial charge in [-0.3, -0.25) is 4.79 Å². The number of carbonyl (C=O) groups is 1. The highest BCUT2D eigenvalue weighted by Gasteiger charge is 2.63. The third kappa shape index (κ3) is 1.74. The van der Waals surface area contributed by atoms with Crippen LogP contribution in [-0.2, 0) is 9.53 Å². The van der Waals surface area contributed by atoms with Crippen molar-refractivity contribution in [1.82, 2.24) is 0 Å². The van der Waals surface area contributed by atoms with Crippen molar-refractivity contribution in [2.45, 2.75) is 12.5 Å². The van der Waals surface area contributed by atoms with Crippen LogP contribution < -0.4 is 4.90 Å². The van der Waals surface area contributed by atoms with Gasteiger partial charge in [-0.1, -0.05) is 48.5 Å². The van der Waals surface area contributed by atoms with Crippen LogP contribution in [0.25, 0.3) is 0 Å². The molecule has 0 aliphatic carbocycles. The fraction of sp³-hybridized carbons (Fsp3) is 0.278. The number of ether oxygens (including phenoxy) is 1. The van der Waals surface area contributed by atoms with Crippen LogP contribution in [0.4, 0.5) is 5.69 Å². The van der Waals surface area contributed by atoms with Crippen LogP contribution in [0.3, 0.4) is 0 Å². The van der Waals surface area contributed by atoms with Gasteiger partial charge in [0.15, 0.2) is 0 Å². The number of nitrogens with zero attached hydrogens (tertiary/aromatic N) is 1. The minimum atomic E-state index is -0.364. The first-order valence-corrected chi connectivity index (χ1v) is 7.34. The first-order chi connectivity index (χ1) is 10.3. The van der Waals surface area contributed by atoms with E-state index in [0.717, 1.165) is 12.1 Å². The van der Waals surface area contributed by atoms with Crippen LogP contribution >= 0.6 is 0 Å². The van der Waals surface area contributed by atoms with Crippen LogP contribution in [0.1, 0.15) is 18.0 Å². The topological polar surface area (TPSA) is 29.5 Å². The highest BCUT2D eigenvalue weighted by atomic mass is 16.5. The molecule has 106 valence electrons. The van der Waals surface area contributed by atoms with Crippen molar-refractivity contribution in [2.24, 2.45) is 5.41 Å². The summed E-state index contributed by atoms with van der Waals surface area (Å²) in [5.74, 6) is 0.194. The number of rotatable bonds is 2. The van der Waals surface area contributed by atoms with Crippen LogP contribution in [0.5, 0.6) is 0 Å². The molecule has 0 aromatic heterocycles. The Morgan fingerprint density at radius 1 is 1.00 bits per heavy atom. The molecular formula is C18H17NO2. The quantitative estimate of drug-likeness (QED) is 0.790. The molecule has 2 aromatic carbocycles. The van der Waals surface area contributed by atoms with E-state index >= 15 is 0 Å². The summed E-state index contributed by atoms with van der Waals surface area (Å²) in [4.78, 5) is 14.7. The zero-order chi connectivity index (χ0) is 14.3. The third-order valence-electron chi connectivity index (χ3n) is 4.63. The second-order valence-corrected chi connectivity index (χ2v) is 5.78. The predicted octanol–water partition coefficient (Wildman–Crippen LogP) is 3.18. The Morgan fingerprint density at radius 3 is 2.29 bits per heavy atom. The number of β-lactam (4-membered cyclic amide) rings is 1. The normalized spacial score (nSPS) is 27.9. The predicted molar refractivity (Wildman–Crippen MR) is 81.0 cm³/mol. The second kappa shape index (κ2) is 4.71. The number of anilines is 1. The molecule has 2 aromatic rings. The Hall–Kier alpha value is -2.13. The van der Waals surface area contributed by atoms with Crippen molar-refractivity contribution < 1.29 is 9.53 Å². The standard InChI is InChI=1S/C18H17NO2/c20-17-18(11-12-21-13-18)16(14-7-3-1-4-8-14)19(17)15-9-5-2-6-10-15/h1-10,16H,11-13H2/t16-,18-/m1/s1. The van der Waals surface area contributed by atoms with Crippen LogP contribution in [0.15, 0.2) is 60.7 Å². The molecule has 4 rings (SSSR count). The van der Waals surface area contributed by atoms with Crippen molar-refractivity contribution in [3.63, 3.8) is 0 Å². The van der Waals surface area contributed by atoms with Gasteiger partial charge in [0.05, 0.1) is 12.6 Å². The number of carbonyl (C=O) groups excluding carboxylic acids is 1. The van der Waals surface area contributed by atoms with Crippen molar-refractivity contribution in [1.29, 1.82) is 0 Å². The third-order valence-corrected chi connectivity index (χ3v) is 4.63. The summed E-state index contributed by atoms with van der Waals surface area (Å²) in [5, 5.41) is 0. The van der Waals surface area contributed by atoms with Crippen LogP contribution in [0.2, 0.25) is 0 Å². The first kappa shape index (κ1) is 12.6. The molecule has 2 aliphatic heterocycles. The highest BCUT2D eigenvalue weighted by molar-refractivity contribution is 6.06. The molecule has 2 atom stereocenters. The minimum Gasteiger partial charge on any atom is -0.380 e. The first-order valence-electron chi connectivity index (χ1n) is 7.34. The summed E-state index contributed by atoms with van der Waals surface area (Å²) in [6.45, 7) is 1.21. The summed E-state index contributed by atoms with van der Waals surface area (Å²) in [6, 6.07) is 20.3. The molecule has 21 heavy (non-hydrogen) atoms. The smallest absolute Gasteiger partial charge is 0.238 e. The fourth-order valence-electron chi connectivity index (χ4n) is 3.58. The number of amides is 1. The molecule has 2 heterocycles. The molecule has 3 heteroatoms. The van der Waals surface area contributed by atoms with Crippen LogP contribution in [0, 0.1) is 5.41 Å². The van der Waals surface area contributed by atoms with Gasteiger partial charge >= 0.3 is 0 Å². The lowest BCUT2D eigenvalue weighted by atomic mass is 9.67. The molecule has 0 bridgehead atoms. The minimum absolute atomic E-state index is 0.0797. The monoisotopic (exact) mass is 279 g/mol. The molecule has 0 unspecified atom stereocenters. The average Bonchev–Trinajstić information content (AvgIpc) is 3.06. The summed E-state index contributed by atoms with van der Waals surface area (Å²) < 4.78 is 5.56. The van der Waals surface area contributed by atoms with E-state index in [9.17, 15) is 4.79 Å². The van der Waals surface area contributed by atoms with Gasteiger partial charge in [-0.15, -0.1) is 0 Å². The largest absolute Gasteiger partial charge is 0.380 e. The Balaban J connectivity index is 1.79. The zero-order valence-corrected chi connectivity index (χ0v) is 11.7. The van der Waals surface area contributed by atoms with E-state index in [0.29, 0.717) is 13.2 Å². The van der Waals surface area contributed by atoms with Crippen molar-refractivity contribution in [2.75, 3.05) is 18.1 Å². The van der Waals surface area contributed by atoms with Crippen molar-refractivity contribution in [3.8, 4) is 0 Å². The molecule has 3 nitrogen and oxygen atoms in total. The summed E-state index contributed by atoms with van der Waals surface area (Å²) in [7, 11) is 0. The van der Waals surface area contributed by atoms with E-state index in [2.05, 4.69) is 12.1 Å². The van der Waals surface area contributed by atoms with E-state index in [1.165, 1.54) is 5.56 Å². The molecule has 0 saturated carbocycles. The molecule has 0 N–H and O–H groups in total. The number of benzene rings is 2. The van der Waals surface area contributed by atoms with Gasteiger partial charge in [0, 0.05) is 12.3 Å². The Bertz CT molecular complexity index is 647. The molecule has 1 spiro atoms. The Labute approximate surface area is 124 Å². The molecule has 2 saturated heterocycles. The molecule has 0 radical (unpaired) electrons. The maximum absolute atomic E-state index is 12.8. The Morgan fingerprint density at radius 2 is 1.67 bits per heavy atom. The zero-order valence-electron chi connectivity index (χ0n) is 11.7. The van der Waals surface area contributed by atoms with Crippen molar-refractivity contribution >= 4 is 11.6 Å². The maximum atomic E-state index is 12.8. The summed E-state index contributed by atoms with van der Waals surface area (Å²) >= 11 is 0. The van der Waals surface area contributed by atoms with E-state index in [-0.39, 0.29) is 17.4 Å². The molecular weight excluding hydrogens is 262 g/mol. The van der Waals surface area contributed by atoms with E-state index in [1.807, 2.05) is 53.4 Å². The number of hydrogen-bond donors (Lipinski definition) is 0. The average molecular weight is 279 g/mol. The maximum Gasteiger partial charge on any atom is 0.238 e. The lowest BCUT2D eigenvalue weighted by Crippen LogP contribution is -2.64.